The summed E-state index contributed by atoms with van der Waals surface area (Å²) in [5, 5.41) is 2.88. The molecule has 104 valence electrons. The molecule has 0 amide bonds. The maximum absolute atomic E-state index is 11.7. The fraction of sp³-hybridized carbons (Fsp3) is 1.00. The van der Waals surface area contributed by atoms with E-state index in [0.717, 1.165) is 6.54 Å². The second-order valence-corrected chi connectivity index (χ2v) is 6.40. The maximum atomic E-state index is 11.7. The van der Waals surface area contributed by atoms with E-state index in [0.29, 0.717) is 12.8 Å². The summed E-state index contributed by atoms with van der Waals surface area (Å²) in [7, 11) is -1.67. The van der Waals surface area contributed by atoms with Crippen molar-refractivity contribution < 1.29 is 21.6 Å². The van der Waals surface area contributed by atoms with Gasteiger partial charge in [-0.3, -0.25) is 0 Å². The lowest BCUT2D eigenvalue weighted by Crippen LogP contribution is -2.29. The molecular formula is C8H17F3N2O2S2. The Hall–Kier alpha value is 0.01000. The SMILES string of the molecule is CNCCCCS(=O)(=O)NCCSC(F)(F)F. The highest BCUT2D eigenvalue weighted by Gasteiger charge is 2.27. The molecule has 0 saturated heterocycles. The zero-order valence-corrected chi connectivity index (χ0v) is 11.1. The van der Waals surface area contributed by atoms with E-state index in [4.69, 9.17) is 0 Å². The third-order valence-electron chi connectivity index (χ3n) is 1.78. The molecule has 0 rings (SSSR count). The van der Waals surface area contributed by atoms with E-state index >= 15 is 0 Å². The number of sulfonamides is 1. The van der Waals surface area contributed by atoms with Crippen LogP contribution in [-0.2, 0) is 10.0 Å². The van der Waals surface area contributed by atoms with Crippen LogP contribution >= 0.6 is 11.8 Å². The zero-order valence-electron chi connectivity index (χ0n) is 9.51. The number of hydrogen-bond acceptors (Lipinski definition) is 4. The Morgan fingerprint density at radius 1 is 1.18 bits per heavy atom. The molecule has 9 heteroatoms. The van der Waals surface area contributed by atoms with E-state index < -0.39 is 15.5 Å². The lowest BCUT2D eigenvalue weighted by molar-refractivity contribution is -0.0327. The first-order valence-electron chi connectivity index (χ1n) is 5.09. The summed E-state index contributed by atoms with van der Waals surface area (Å²) in [6.45, 7) is 0.526. The van der Waals surface area contributed by atoms with Crippen molar-refractivity contribution in [1.82, 2.24) is 10.0 Å². The Labute approximate surface area is 104 Å². The number of thioether (sulfide) groups is 1. The molecule has 0 aliphatic heterocycles. The zero-order chi connectivity index (χ0) is 13.4. The third-order valence-corrected chi connectivity index (χ3v) is 3.99. The van der Waals surface area contributed by atoms with Crippen molar-refractivity contribution in [2.45, 2.75) is 18.3 Å². The smallest absolute Gasteiger partial charge is 0.320 e. The van der Waals surface area contributed by atoms with E-state index in [1.165, 1.54) is 0 Å². The van der Waals surface area contributed by atoms with Crippen LogP contribution in [0.15, 0.2) is 0 Å². The number of nitrogens with one attached hydrogen (secondary N) is 2. The molecule has 0 fully saturated rings. The van der Waals surface area contributed by atoms with Gasteiger partial charge in [0.05, 0.1) is 5.75 Å². The molecule has 0 aliphatic rings. The average molecular weight is 294 g/mol. The first kappa shape index (κ1) is 17.0. The summed E-state index contributed by atoms with van der Waals surface area (Å²) < 4.78 is 60.0. The Morgan fingerprint density at radius 3 is 2.35 bits per heavy atom. The van der Waals surface area contributed by atoms with E-state index in [1.807, 2.05) is 0 Å². The van der Waals surface area contributed by atoms with Crippen LogP contribution in [-0.4, -0.2) is 45.6 Å². The molecule has 17 heavy (non-hydrogen) atoms. The quantitative estimate of drug-likeness (QED) is 0.627. The number of unbranched alkanes of at least 4 members (excludes halogenated alkanes) is 1. The summed E-state index contributed by atoms with van der Waals surface area (Å²) in [6, 6.07) is 0. The monoisotopic (exact) mass is 294 g/mol. The van der Waals surface area contributed by atoms with Gasteiger partial charge in [-0.2, -0.15) is 13.2 Å². The second kappa shape index (κ2) is 8.17. The van der Waals surface area contributed by atoms with Crippen molar-refractivity contribution in [1.29, 1.82) is 0 Å². The fourth-order valence-electron chi connectivity index (χ4n) is 1.03. The van der Waals surface area contributed by atoms with Gasteiger partial charge in [0.1, 0.15) is 0 Å². The van der Waals surface area contributed by atoms with Gasteiger partial charge in [-0.05, 0) is 38.2 Å². The van der Waals surface area contributed by atoms with Crippen LogP contribution in [0.25, 0.3) is 0 Å². The Bertz CT molecular complexity index is 294. The van der Waals surface area contributed by atoms with E-state index in [9.17, 15) is 21.6 Å². The predicted octanol–water partition coefficient (Wildman–Crippen LogP) is 1.16. The molecule has 0 radical (unpaired) electrons. The van der Waals surface area contributed by atoms with Crippen molar-refractivity contribution in [3.05, 3.63) is 0 Å². The minimum atomic E-state index is -4.31. The van der Waals surface area contributed by atoms with Crippen molar-refractivity contribution in [3.63, 3.8) is 0 Å². The highest BCUT2D eigenvalue weighted by atomic mass is 32.2. The van der Waals surface area contributed by atoms with Crippen molar-refractivity contribution in [3.8, 4) is 0 Å². The molecule has 0 atom stereocenters. The number of halogens is 3. The normalized spacial score (nSPS) is 12.9. The number of alkyl halides is 3. The van der Waals surface area contributed by atoms with Crippen molar-refractivity contribution >= 4 is 21.8 Å². The molecule has 0 unspecified atom stereocenters. The van der Waals surface area contributed by atoms with Gasteiger partial charge in [0, 0.05) is 12.3 Å². The van der Waals surface area contributed by atoms with Crippen LogP contribution in [0, 0.1) is 0 Å². The van der Waals surface area contributed by atoms with Gasteiger partial charge in [0.25, 0.3) is 0 Å². The Kier molecular flexibility index (Phi) is 8.18. The van der Waals surface area contributed by atoms with Gasteiger partial charge in [0.2, 0.25) is 10.0 Å². The molecule has 0 saturated carbocycles. The number of rotatable bonds is 9. The van der Waals surface area contributed by atoms with Gasteiger partial charge in [0.15, 0.2) is 0 Å². The maximum Gasteiger partial charge on any atom is 0.441 e. The van der Waals surface area contributed by atoms with E-state index in [-0.39, 0.29) is 29.8 Å². The summed E-state index contributed by atoms with van der Waals surface area (Å²) in [5.41, 5.74) is -4.31. The fourth-order valence-corrected chi connectivity index (χ4v) is 2.74. The minimum Gasteiger partial charge on any atom is -0.320 e. The molecule has 2 N–H and O–H groups in total. The van der Waals surface area contributed by atoms with E-state index in [1.54, 1.807) is 7.05 Å². The standard InChI is InChI=1S/C8H17F3N2O2S2/c1-12-4-2-3-7-17(14,15)13-5-6-16-8(9,10)11/h12-13H,2-7H2,1H3. The van der Waals surface area contributed by atoms with Crippen LogP contribution in [0.3, 0.4) is 0 Å². The lowest BCUT2D eigenvalue weighted by Gasteiger charge is -2.07. The Morgan fingerprint density at radius 2 is 1.82 bits per heavy atom. The molecule has 0 aliphatic carbocycles. The molecule has 0 aromatic carbocycles. The first-order valence-corrected chi connectivity index (χ1v) is 7.73. The van der Waals surface area contributed by atoms with Crippen molar-refractivity contribution in [2.24, 2.45) is 0 Å². The second-order valence-electron chi connectivity index (χ2n) is 3.32. The van der Waals surface area contributed by atoms with Gasteiger partial charge in [-0.25, -0.2) is 13.1 Å². The molecular weight excluding hydrogens is 277 g/mol. The van der Waals surface area contributed by atoms with Crippen LogP contribution in [0.2, 0.25) is 0 Å². The summed E-state index contributed by atoms with van der Waals surface area (Å²) in [6.07, 6.45) is 1.21. The summed E-state index contributed by atoms with van der Waals surface area (Å²) in [4.78, 5) is 0. The first-order chi connectivity index (χ1) is 7.77. The highest BCUT2D eigenvalue weighted by Crippen LogP contribution is 2.29. The van der Waals surface area contributed by atoms with Crippen LogP contribution in [0.1, 0.15) is 12.8 Å². The van der Waals surface area contributed by atoms with Gasteiger partial charge in [-0.1, -0.05) is 0 Å². The molecule has 0 bridgehead atoms. The molecule has 0 aromatic rings. The van der Waals surface area contributed by atoms with Gasteiger partial charge < -0.3 is 5.32 Å². The lowest BCUT2D eigenvalue weighted by atomic mass is 10.3. The Balaban J connectivity index is 3.65. The average Bonchev–Trinajstić information content (AvgIpc) is 2.18. The molecule has 0 aromatic heterocycles. The molecule has 0 spiro atoms. The van der Waals surface area contributed by atoms with E-state index in [2.05, 4.69) is 10.0 Å². The highest BCUT2D eigenvalue weighted by molar-refractivity contribution is 8.00. The molecule has 0 heterocycles. The van der Waals surface area contributed by atoms with Gasteiger partial charge in [-0.15, -0.1) is 0 Å². The predicted molar refractivity (Wildman–Crippen MR) is 63.5 cm³/mol. The minimum absolute atomic E-state index is 0.0502. The third kappa shape index (κ3) is 12.3. The van der Waals surface area contributed by atoms with Crippen molar-refractivity contribution in [2.75, 3.05) is 31.6 Å². The van der Waals surface area contributed by atoms with Crippen LogP contribution in [0.4, 0.5) is 13.2 Å². The topological polar surface area (TPSA) is 58.2 Å². The summed E-state index contributed by atoms with van der Waals surface area (Å²) >= 11 is -0.231. The summed E-state index contributed by atoms with van der Waals surface area (Å²) in [5.74, 6) is -0.357. The van der Waals surface area contributed by atoms with Crippen LogP contribution in [0.5, 0.6) is 0 Å². The van der Waals surface area contributed by atoms with Gasteiger partial charge >= 0.3 is 5.51 Å². The number of hydrogen-bond donors (Lipinski definition) is 2. The molecule has 4 nitrogen and oxygen atoms in total. The van der Waals surface area contributed by atoms with Crippen LogP contribution < -0.4 is 10.0 Å². The largest absolute Gasteiger partial charge is 0.441 e.